The van der Waals surface area contributed by atoms with Crippen LogP contribution in [0.15, 0.2) is 83.6 Å². The molecule has 0 aromatic rings. The van der Waals surface area contributed by atoms with E-state index >= 15 is 0 Å². The van der Waals surface area contributed by atoms with Crippen LogP contribution in [0.2, 0.25) is 0 Å². The Hall–Kier alpha value is -1.90. The monoisotopic (exact) mass is 358 g/mol. The Morgan fingerprint density at radius 3 is 1.96 bits per heavy atom. The minimum atomic E-state index is -0.216. The van der Waals surface area contributed by atoms with E-state index in [2.05, 4.69) is 58.1 Å². The number of allylic oxidation sites excluding steroid dienone is 13. The Bertz CT molecular complexity index is 533. The van der Waals surface area contributed by atoms with Gasteiger partial charge in [-0.1, -0.05) is 84.9 Å². The Morgan fingerprint density at radius 1 is 0.808 bits per heavy atom. The maximum Gasteiger partial charge on any atom is 0.179 e. The molecule has 0 aliphatic heterocycles. The van der Waals surface area contributed by atoms with Gasteiger partial charge in [-0.3, -0.25) is 0 Å². The zero-order chi connectivity index (χ0) is 20.2. The summed E-state index contributed by atoms with van der Waals surface area (Å²) in [6.07, 6.45) is 23.4. The Morgan fingerprint density at radius 2 is 1.46 bits per heavy atom. The van der Waals surface area contributed by atoms with Gasteiger partial charge in [0, 0.05) is 14.2 Å². The quantitative estimate of drug-likeness (QED) is 0.323. The molecule has 0 heterocycles. The minimum Gasteiger partial charge on any atom is -0.352 e. The molecular weight excluding hydrogens is 320 g/mol. The Balaban J connectivity index is 0. The first kappa shape index (κ1) is 26.3. The maximum absolute atomic E-state index is 5.07. The van der Waals surface area contributed by atoms with Crippen LogP contribution in [0.25, 0.3) is 0 Å². The van der Waals surface area contributed by atoms with Crippen LogP contribution in [0.4, 0.5) is 0 Å². The molecule has 0 aromatic carbocycles. The summed E-state index contributed by atoms with van der Waals surface area (Å²) in [6, 6.07) is 0. The fourth-order valence-electron chi connectivity index (χ4n) is 1.73. The van der Waals surface area contributed by atoms with Crippen molar-refractivity contribution in [2.45, 2.75) is 54.3 Å². The highest BCUT2D eigenvalue weighted by molar-refractivity contribution is 5.26. The van der Waals surface area contributed by atoms with Crippen molar-refractivity contribution in [3.63, 3.8) is 0 Å². The predicted octanol–water partition coefficient (Wildman–Crippen LogP) is 7.11. The zero-order valence-corrected chi connectivity index (χ0v) is 18.0. The van der Waals surface area contributed by atoms with Gasteiger partial charge >= 0.3 is 0 Å². The van der Waals surface area contributed by atoms with Crippen LogP contribution < -0.4 is 0 Å². The summed E-state index contributed by atoms with van der Waals surface area (Å²) in [7, 11) is 3.27. The van der Waals surface area contributed by atoms with Crippen LogP contribution >= 0.6 is 0 Å². The van der Waals surface area contributed by atoms with Gasteiger partial charge in [-0.05, 0) is 46.6 Å². The molecular formula is C24H38O2. The van der Waals surface area contributed by atoms with Gasteiger partial charge in [0.05, 0.1) is 0 Å². The summed E-state index contributed by atoms with van der Waals surface area (Å²) >= 11 is 0. The van der Waals surface area contributed by atoms with E-state index in [4.69, 9.17) is 9.47 Å². The van der Waals surface area contributed by atoms with Gasteiger partial charge in [-0.2, -0.15) is 0 Å². The normalized spacial score (nSPS) is 13.3. The molecule has 0 aromatic heterocycles. The zero-order valence-electron chi connectivity index (χ0n) is 18.0. The molecule has 0 saturated heterocycles. The molecule has 2 nitrogen and oxygen atoms in total. The molecule has 0 aliphatic rings. The summed E-state index contributed by atoms with van der Waals surface area (Å²) in [4.78, 5) is 0. The van der Waals surface area contributed by atoms with Crippen LogP contribution in [0.5, 0.6) is 0 Å². The molecule has 0 spiro atoms. The molecule has 0 atom stereocenters. The highest BCUT2D eigenvalue weighted by Gasteiger charge is 2.04. The lowest BCUT2D eigenvalue weighted by molar-refractivity contribution is -0.0746. The lowest BCUT2D eigenvalue weighted by Gasteiger charge is -2.12. The summed E-state index contributed by atoms with van der Waals surface area (Å²) in [5.41, 5.74) is 3.64. The molecule has 0 fully saturated rings. The van der Waals surface area contributed by atoms with E-state index in [-0.39, 0.29) is 6.29 Å². The van der Waals surface area contributed by atoms with Crippen molar-refractivity contribution in [2.24, 2.45) is 0 Å². The molecule has 0 radical (unpaired) electrons. The van der Waals surface area contributed by atoms with Gasteiger partial charge in [0.2, 0.25) is 0 Å². The van der Waals surface area contributed by atoms with Crippen molar-refractivity contribution >= 4 is 0 Å². The summed E-state index contributed by atoms with van der Waals surface area (Å²) in [5, 5.41) is 0. The van der Waals surface area contributed by atoms with Crippen molar-refractivity contribution in [3.8, 4) is 0 Å². The lowest BCUT2D eigenvalue weighted by Crippen LogP contribution is -2.13. The van der Waals surface area contributed by atoms with Crippen LogP contribution in [-0.4, -0.2) is 20.5 Å². The SMILES string of the molecule is CC/C=C/C=C(\C)C(OC)OC.C\C=C/C=C/C=C(C)/C=C/C=C(C)C. The van der Waals surface area contributed by atoms with Crippen LogP contribution in [-0.2, 0) is 9.47 Å². The summed E-state index contributed by atoms with van der Waals surface area (Å²) < 4.78 is 10.1. The van der Waals surface area contributed by atoms with Crippen molar-refractivity contribution in [1.82, 2.24) is 0 Å². The van der Waals surface area contributed by atoms with E-state index in [0.29, 0.717) is 0 Å². The van der Waals surface area contributed by atoms with Crippen molar-refractivity contribution in [2.75, 3.05) is 14.2 Å². The molecule has 0 amide bonds. The highest BCUT2D eigenvalue weighted by atomic mass is 16.7. The van der Waals surface area contributed by atoms with E-state index in [1.54, 1.807) is 14.2 Å². The molecule has 0 unspecified atom stereocenters. The third-order valence-corrected chi connectivity index (χ3v) is 3.09. The molecule has 0 bridgehead atoms. The third kappa shape index (κ3) is 18.4. The predicted molar refractivity (Wildman–Crippen MR) is 117 cm³/mol. The second-order valence-corrected chi connectivity index (χ2v) is 5.97. The second kappa shape index (κ2) is 19.4. The third-order valence-electron chi connectivity index (χ3n) is 3.09. The summed E-state index contributed by atoms with van der Waals surface area (Å²) in [6.45, 7) is 12.4. The first-order chi connectivity index (χ1) is 12.4. The smallest absolute Gasteiger partial charge is 0.179 e. The van der Waals surface area contributed by atoms with Crippen molar-refractivity contribution in [3.05, 3.63) is 83.6 Å². The standard InChI is InChI=1S/C14H20.C10H18O2/c1-5-6-7-8-11-14(4)12-9-10-13(2)3;1-5-6-7-8-9(2)10(11-3)12-4/h5-12H,1-4H3;6-8,10H,5H2,1-4H3/b6-5-,8-7+,12-9+,14-11+;7-6+,9-8+. The molecule has 26 heavy (non-hydrogen) atoms. The Kier molecular flexibility index (Phi) is 19.7. The topological polar surface area (TPSA) is 18.5 Å². The number of hydrogen-bond donors (Lipinski definition) is 0. The first-order valence-electron chi connectivity index (χ1n) is 9.09. The largest absolute Gasteiger partial charge is 0.352 e. The minimum absolute atomic E-state index is 0.216. The van der Waals surface area contributed by atoms with E-state index in [1.807, 2.05) is 50.3 Å². The molecule has 2 heteroatoms. The highest BCUT2D eigenvalue weighted by Crippen LogP contribution is 2.05. The van der Waals surface area contributed by atoms with E-state index in [1.165, 1.54) is 11.1 Å². The lowest BCUT2D eigenvalue weighted by atomic mass is 10.2. The van der Waals surface area contributed by atoms with E-state index in [0.717, 1.165) is 12.0 Å². The average molecular weight is 359 g/mol. The van der Waals surface area contributed by atoms with Crippen molar-refractivity contribution in [1.29, 1.82) is 0 Å². The Labute approximate surface area is 162 Å². The summed E-state index contributed by atoms with van der Waals surface area (Å²) in [5.74, 6) is 0. The fourth-order valence-corrected chi connectivity index (χ4v) is 1.73. The van der Waals surface area contributed by atoms with E-state index in [9.17, 15) is 0 Å². The average Bonchev–Trinajstić information content (AvgIpc) is 2.60. The number of methoxy groups -OCH3 is 2. The molecule has 0 aliphatic carbocycles. The molecule has 0 N–H and O–H groups in total. The molecule has 146 valence electrons. The molecule has 0 saturated carbocycles. The molecule has 0 rings (SSSR count). The van der Waals surface area contributed by atoms with Crippen LogP contribution in [0.3, 0.4) is 0 Å². The number of rotatable bonds is 9. The first-order valence-corrected chi connectivity index (χ1v) is 9.09. The number of ether oxygens (including phenoxy) is 2. The van der Waals surface area contributed by atoms with Gasteiger partial charge in [-0.15, -0.1) is 0 Å². The van der Waals surface area contributed by atoms with Gasteiger partial charge < -0.3 is 9.47 Å². The van der Waals surface area contributed by atoms with Crippen LogP contribution in [0.1, 0.15) is 48.0 Å². The van der Waals surface area contributed by atoms with Gasteiger partial charge in [-0.25, -0.2) is 0 Å². The number of hydrogen-bond acceptors (Lipinski definition) is 2. The van der Waals surface area contributed by atoms with Gasteiger partial charge in [0.1, 0.15) is 0 Å². The fraction of sp³-hybridized carbons (Fsp3) is 0.417. The van der Waals surface area contributed by atoms with Gasteiger partial charge in [0.15, 0.2) is 6.29 Å². The second-order valence-electron chi connectivity index (χ2n) is 5.97. The van der Waals surface area contributed by atoms with Crippen LogP contribution in [0, 0.1) is 0 Å². The van der Waals surface area contributed by atoms with Gasteiger partial charge in [0.25, 0.3) is 0 Å². The van der Waals surface area contributed by atoms with Crippen molar-refractivity contribution < 1.29 is 9.47 Å². The van der Waals surface area contributed by atoms with E-state index < -0.39 is 0 Å². The maximum atomic E-state index is 5.07.